The van der Waals surface area contributed by atoms with E-state index in [1.165, 1.54) is 16.8 Å². The molecular formula is C11H15N2O5+. The van der Waals surface area contributed by atoms with Gasteiger partial charge in [-0.2, -0.15) is 4.57 Å². The highest BCUT2D eigenvalue weighted by molar-refractivity contribution is 5.92. The molecule has 98 valence electrons. The highest BCUT2D eigenvalue weighted by Crippen LogP contribution is 2.24. The van der Waals surface area contributed by atoms with E-state index in [1.54, 1.807) is 12.3 Å². The standard InChI is InChI=1S/C11H14N2O5/c12-10(17)6-2-1-3-13(4-6)11-9(16)8(15)7(5-14)18-11/h1-4,7-9,11,14-16H,5H2,(H-,12,17)/p+1/t7?,8?,9-,11?/m1/s1. The first-order valence-corrected chi connectivity index (χ1v) is 5.47. The molecule has 0 bridgehead atoms. The minimum absolute atomic E-state index is 0.259. The average molecular weight is 255 g/mol. The summed E-state index contributed by atoms with van der Waals surface area (Å²) in [4.78, 5) is 11.1. The number of hydrogen-bond donors (Lipinski definition) is 4. The van der Waals surface area contributed by atoms with Gasteiger partial charge in [0.15, 0.2) is 18.5 Å². The van der Waals surface area contributed by atoms with E-state index in [4.69, 9.17) is 15.6 Å². The molecule has 1 saturated heterocycles. The summed E-state index contributed by atoms with van der Waals surface area (Å²) >= 11 is 0. The zero-order valence-electron chi connectivity index (χ0n) is 9.51. The Bertz CT molecular complexity index is 453. The van der Waals surface area contributed by atoms with Gasteiger partial charge in [0.2, 0.25) is 0 Å². The summed E-state index contributed by atoms with van der Waals surface area (Å²) in [6.07, 6.45) is -1.08. The number of nitrogens with two attached hydrogens (primary N) is 1. The second-order valence-corrected chi connectivity index (χ2v) is 4.13. The van der Waals surface area contributed by atoms with E-state index >= 15 is 0 Å². The van der Waals surface area contributed by atoms with Gasteiger partial charge in [0.1, 0.15) is 17.8 Å². The summed E-state index contributed by atoms with van der Waals surface area (Å²) in [7, 11) is 0. The molecule has 5 N–H and O–H groups in total. The Morgan fingerprint density at radius 3 is 2.72 bits per heavy atom. The lowest BCUT2D eigenvalue weighted by atomic mass is 10.1. The van der Waals surface area contributed by atoms with Crippen LogP contribution in [0.5, 0.6) is 0 Å². The van der Waals surface area contributed by atoms with E-state index in [2.05, 4.69) is 0 Å². The third-order valence-electron chi connectivity index (χ3n) is 2.92. The predicted molar refractivity (Wildman–Crippen MR) is 58.2 cm³/mol. The fraction of sp³-hybridized carbons (Fsp3) is 0.455. The highest BCUT2D eigenvalue weighted by atomic mass is 16.6. The van der Waals surface area contributed by atoms with Crippen molar-refractivity contribution in [2.24, 2.45) is 5.73 Å². The maximum absolute atomic E-state index is 11.1. The second kappa shape index (κ2) is 4.99. The maximum Gasteiger partial charge on any atom is 0.292 e. The predicted octanol–water partition coefficient (Wildman–Crippen LogP) is -2.32. The molecule has 1 aromatic rings. The summed E-state index contributed by atoms with van der Waals surface area (Å²) < 4.78 is 6.75. The molecule has 0 radical (unpaired) electrons. The molecule has 4 atom stereocenters. The first-order chi connectivity index (χ1) is 8.54. The van der Waals surface area contributed by atoms with E-state index in [0.717, 1.165) is 0 Å². The monoisotopic (exact) mass is 255 g/mol. The molecule has 1 aliphatic rings. The van der Waals surface area contributed by atoms with Gasteiger partial charge < -0.3 is 25.8 Å². The number of carbonyl (C=O) groups is 1. The number of amides is 1. The molecule has 1 amide bonds. The van der Waals surface area contributed by atoms with Crippen LogP contribution in [-0.2, 0) is 4.74 Å². The number of nitrogens with zero attached hydrogens (tertiary/aromatic N) is 1. The van der Waals surface area contributed by atoms with Gasteiger partial charge in [-0.3, -0.25) is 4.79 Å². The first kappa shape index (κ1) is 12.9. The molecular weight excluding hydrogens is 240 g/mol. The zero-order valence-corrected chi connectivity index (χ0v) is 9.51. The molecule has 7 heteroatoms. The Kier molecular flexibility index (Phi) is 3.58. The number of aromatic nitrogens is 1. The van der Waals surface area contributed by atoms with Crippen LogP contribution < -0.4 is 10.3 Å². The van der Waals surface area contributed by atoms with Gasteiger partial charge in [0.25, 0.3) is 12.1 Å². The average Bonchev–Trinajstić information content (AvgIpc) is 2.66. The van der Waals surface area contributed by atoms with Crippen molar-refractivity contribution in [1.82, 2.24) is 0 Å². The fourth-order valence-corrected chi connectivity index (χ4v) is 1.92. The molecule has 0 spiro atoms. The Hall–Kier alpha value is -1.54. The Morgan fingerprint density at radius 1 is 1.44 bits per heavy atom. The van der Waals surface area contributed by atoms with Gasteiger partial charge in [0.05, 0.1) is 6.61 Å². The Labute approximate surface area is 103 Å². The van der Waals surface area contributed by atoms with Crippen LogP contribution >= 0.6 is 0 Å². The normalized spacial score (nSPS) is 31.5. The van der Waals surface area contributed by atoms with Crippen molar-refractivity contribution in [2.45, 2.75) is 24.5 Å². The Balaban J connectivity index is 2.27. The lowest BCUT2D eigenvalue weighted by Crippen LogP contribution is -2.46. The molecule has 2 rings (SSSR count). The first-order valence-electron chi connectivity index (χ1n) is 5.47. The number of primary amides is 1. The van der Waals surface area contributed by atoms with Crippen molar-refractivity contribution >= 4 is 5.91 Å². The van der Waals surface area contributed by atoms with E-state index in [0.29, 0.717) is 0 Å². The van der Waals surface area contributed by atoms with Gasteiger partial charge >= 0.3 is 0 Å². The van der Waals surface area contributed by atoms with E-state index in [-0.39, 0.29) is 5.56 Å². The van der Waals surface area contributed by atoms with Crippen molar-refractivity contribution in [3.05, 3.63) is 30.1 Å². The molecule has 0 aliphatic carbocycles. The Morgan fingerprint density at radius 2 is 2.17 bits per heavy atom. The molecule has 0 aromatic carbocycles. The summed E-state index contributed by atoms with van der Waals surface area (Å²) in [5.74, 6) is -0.601. The van der Waals surface area contributed by atoms with Crippen LogP contribution in [0.15, 0.2) is 24.5 Å². The van der Waals surface area contributed by atoms with Crippen LogP contribution in [0.1, 0.15) is 16.6 Å². The van der Waals surface area contributed by atoms with E-state index < -0.39 is 37.1 Å². The van der Waals surface area contributed by atoms with Crippen LogP contribution in [0.25, 0.3) is 0 Å². The summed E-state index contributed by atoms with van der Waals surface area (Å²) in [5, 5.41) is 28.4. The SMILES string of the molecule is NC(=O)c1ccc[n+](C2OC(CO)C(O)[C@H]2O)c1. The summed E-state index contributed by atoms with van der Waals surface area (Å²) in [6, 6.07) is 3.11. The minimum atomic E-state index is -1.18. The maximum atomic E-state index is 11.1. The molecule has 0 saturated carbocycles. The van der Waals surface area contributed by atoms with Crippen molar-refractivity contribution in [2.75, 3.05) is 6.61 Å². The van der Waals surface area contributed by atoms with Gasteiger partial charge in [-0.05, 0) is 6.07 Å². The van der Waals surface area contributed by atoms with Crippen molar-refractivity contribution in [3.63, 3.8) is 0 Å². The number of hydrogen-bond acceptors (Lipinski definition) is 5. The van der Waals surface area contributed by atoms with E-state index in [1.807, 2.05) is 0 Å². The molecule has 3 unspecified atom stereocenters. The summed E-state index contributed by atoms with van der Waals surface area (Å²) in [6.45, 7) is -0.398. The smallest absolute Gasteiger partial charge is 0.292 e. The molecule has 1 fully saturated rings. The van der Waals surface area contributed by atoms with Gasteiger partial charge in [-0.1, -0.05) is 0 Å². The topological polar surface area (TPSA) is 117 Å². The fourth-order valence-electron chi connectivity index (χ4n) is 1.92. The molecule has 18 heavy (non-hydrogen) atoms. The lowest BCUT2D eigenvalue weighted by Gasteiger charge is -2.09. The van der Waals surface area contributed by atoms with Gasteiger partial charge in [-0.15, -0.1) is 0 Å². The zero-order chi connectivity index (χ0) is 13.3. The van der Waals surface area contributed by atoms with Crippen LogP contribution in [0.4, 0.5) is 0 Å². The number of aliphatic hydroxyl groups is 3. The van der Waals surface area contributed by atoms with Crippen molar-refractivity contribution in [1.29, 1.82) is 0 Å². The van der Waals surface area contributed by atoms with Crippen molar-refractivity contribution < 1.29 is 29.4 Å². The second-order valence-electron chi connectivity index (χ2n) is 4.13. The molecule has 2 heterocycles. The number of carbonyl (C=O) groups excluding carboxylic acids is 1. The molecule has 7 nitrogen and oxygen atoms in total. The number of aliphatic hydroxyl groups excluding tert-OH is 3. The minimum Gasteiger partial charge on any atom is -0.394 e. The molecule has 1 aliphatic heterocycles. The third kappa shape index (κ3) is 2.21. The number of pyridine rings is 1. The van der Waals surface area contributed by atoms with Gasteiger partial charge in [-0.25, -0.2) is 0 Å². The highest BCUT2D eigenvalue weighted by Gasteiger charge is 2.47. The van der Waals surface area contributed by atoms with Gasteiger partial charge in [0, 0.05) is 6.07 Å². The van der Waals surface area contributed by atoms with E-state index in [9.17, 15) is 15.0 Å². The van der Waals surface area contributed by atoms with Crippen molar-refractivity contribution in [3.8, 4) is 0 Å². The van der Waals surface area contributed by atoms with Crippen LogP contribution in [-0.4, -0.2) is 46.1 Å². The third-order valence-corrected chi connectivity index (χ3v) is 2.92. The summed E-state index contributed by atoms with van der Waals surface area (Å²) in [5.41, 5.74) is 5.41. The van der Waals surface area contributed by atoms with Crippen LogP contribution in [0.2, 0.25) is 0 Å². The number of ether oxygens (including phenoxy) is 1. The largest absolute Gasteiger partial charge is 0.394 e. The number of rotatable bonds is 3. The lowest BCUT2D eigenvalue weighted by molar-refractivity contribution is -0.765. The van der Waals surface area contributed by atoms with Crippen LogP contribution in [0.3, 0.4) is 0 Å². The molecule has 1 aromatic heterocycles. The van der Waals surface area contributed by atoms with Crippen LogP contribution in [0, 0.1) is 0 Å². The quantitative estimate of drug-likeness (QED) is 0.453.